The quantitative estimate of drug-likeness (QED) is 0.251. The zero-order valence-corrected chi connectivity index (χ0v) is 11.5. The van der Waals surface area contributed by atoms with Crippen LogP contribution in [0, 0.1) is 16.7 Å². The summed E-state index contributed by atoms with van der Waals surface area (Å²) in [5.74, 6) is -0.515. The number of carbonyl (C=O) groups is 2. The number of esters is 1. The Morgan fingerprint density at radius 3 is 2.71 bits per heavy atom. The van der Waals surface area contributed by atoms with Gasteiger partial charge in [-0.05, 0) is 52.9 Å². The fourth-order valence-electron chi connectivity index (χ4n) is 1.96. The molecular weight excluding hydrogens is 337 g/mol. The Bertz CT molecular complexity index is 342. The molecule has 2 atom stereocenters. The lowest BCUT2D eigenvalue weighted by Crippen LogP contribution is -2.24. The van der Waals surface area contributed by atoms with Crippen molar-refractivity contribution in [2.45, 2.75) is 25.7 Å². The molecule has 0 bridgehead atoms. The second-order valence-electron chi connectivity index (χ2n) is 4.17. The minimum absolute atomic E-state index is 0.0699. The van der Waals surface area contributed by atoms with Crippen LogP contribution in [0.2, 0.25) is 0 Å². The predicted octanol–water partition coefficient (Wildman–Crippen LogP) is 2.58. The molecule has 1 fully saturated rings. The normalized spacial score (nSPS) is 23.8. The first-order valence-electron chi connectivity index (χ1n) is 5.43. The van der Waals surface area contributed by atoms with Crippen LogP contribution < -0.4 is 0 Å². The van der Waals surface area contributed by atoms with Crippen molar-refractivity contribution in [3.8, 4) is 0 Å². The zero-order chi connectivity index (χ0) is 12.8. The maximum atomic E-state index is 11.2. The smallest absolute Gasteiger partial charge is 0.359 e. The van der Waals surface area contributed by atoms with Gasteiger partial charge in [0, 0.05) is 5.92 Å². The van der Waals surface area contributed by atoms with E-state index in [0.717, 1.165) is 25.7 Å². The first kappa shape index (κ1) is 14.3. The van der Waals surface area contributed by atoms with E-state index in [0.29, 0.717) is 0 Å². The second-order valence-corrected chi connectivity index (χ2v) is 5.23. The lowest BCUT2D eigenvalue weighted by molar-refractivity contribution is -0.140. The lowest BCUT2D eigenvalue weighted by Gasteiger charge is -2.26. The van der Waals surface area contributed by atoms with Crippen LogP contribution in [0.15, 0.2) is 17.5 Å². The van der Waals surface area contributed by atoms with Gasteiger partial charge < -0.3 is 4.74 Å². The van der Waals surface area contributed by atoms with Gasteiger partial charge in [-0.1, -0.05) is 13.0 Å². The molecule has 94 valence electrons. The first-order valence-corrected chi connectivity index (χ1v) is 6.51. The number of nitroso groups, excluding NO2 is 1. The Hall–Kier alpha value is -0.790. The third-order valence-electron chi connectivity index (χ3n) is 2.90. The summed E-state index contributed by atoms with van der Waals surface area (Å²) in [6.45, 7) is 3.40. The summed E-state index contributed by atoms with van der Waals surface area (Å²) in [4.78, 5) is 32.4. The average molecular weight is 351 g/mol. The fraction of sp³-hybridized carbons (Fsp3) is 0.636. The SMILES string of the molecule is C=C(N=O)C(=O)OCC1CCCC(C(=O)I)C1. The van der Waals surface area contributed by atoms with Crippen LogP contribution in [0.25, 0.3) is 0 Å². The monoisotopic (exact) mass is 351 g/mol. The molecule has 0 saturated heterocycles. The Labute approximate surface area is 113 Å². The van der Waals surface area contributed by atoms with Crippen LogP contribution in [0.5, 0.6) is 0 Å². The molecule has 0 N–H and O–H groups in total. The third kappa shape index (κ3) is 4.53. The minimum Gasteiger partial charge on any atom is -0.461 e. The van der Waals surface area contributed by atoms with Crippen molar-refractivity contribution >= 4 is 32.4 Å². The highest BCUT2D eigenvalue weighted by molar-refractivity contribution is 14.1. The molecule has 0 aromatic carbocycles. The maximum absolute atomic E-state index is 11.2. The molecule has 1 rings (SSSR count). The van der Waals surface area contributed by atoms with Crippen molar-refractivity contribution in [2.75, 3.05) is 6.61 Å². The van der Waals surface area contributed by atoms with Gasteiger partial charge in [0.2, 0.25) is 0 Å². The standard InChI is InChI=1S/C11H14INO4/c1-7(13-16)11(15)17-6-8-3-2-4-9(5-8)10(12)14/h8-9H,1-6H2. The van der Waals surface area contributed by atoms with E-state index in [1.807, 2.05) is 22.6 Å². The number of ether oxygens (including phenoxy) is 1. The Balaban J connectivity index is 2.37. The van der Waals surface area contributed by atoms with Gasteiger partial charge in [0.25, 0.3) is 0 Å². The summed E-state index contributed by atoms with van der Waals surface area (Å²) in [7, 11) is 0. The number of nitrogens with zero attached hydrogens (tertiary/aromatic N) is 1. The molecule has 1 saturated carbocycles. The van der Waals surface area contributed by atoms with Crippen molar-refractivity contribution in [3.63, 3.8) is 0 Å². The highest BCUT2D eigenvalue weighted by Crippen LogP contribution is 2.31. The fourth-order valence-corrected chi connectivity index (χ4v) is 2.53. The summed E-state index contributed by atoms with van der Waals surface area (Å²) < 4.78 is 5.08. The second kappa shape index (κ2) is 6.83. The molecule has 0 aromatic heterocycles. The third-order valence-corrected chi connectivity index (χ3v) is 3.78. The van der Waals surface area contributed by atoms with Crippen LogP contribution >= 0.6 is 22.6 Å². The molecular formula is C11H14INO4. The van der Waals surface area contributed by atoms with Crippen molar-refractivity contribution in [1.82, 2.24) is 0 Å². The van der Waals surface area contributed by atoms with Gasteiger partial charge in [0.15, 0.2) is 9.49 Å². The summed E-state index contributed by atoms with van der Waals surface area (Å²) in [6, 6.07) is 0. The van der Waals surface area contributed by atoms with Crippen molar-refractivity contribution in [3.05, 3.63) is 17.2 Å². The predicted molar refractivity (Wildman–Crippen MR) is 70.4 cm³/mol. The molecule has 0 aromatic rings. The van der Waals surface area contributed by atoms with E-state index >= 15 is 0 Å². The van der Waals surface area contributed by atoms with Crippen molar-refractivity contribution in [1.29, 1.82) is 0 Å². The molecule has 1 aliphatic rings. The van der Waals surface area contributed by atoms with Crippen molar-refractivity contribution in [2.24, 2.45) is 17.0 Å². The molecule has 0 heterocycles. The van der Waals surface area contributed by atoms with Crippen LogP contribution in [0.1, 0.15) is 25.7 Å². The van der Waals surface area contributed by atoms with Crippen LogP contribution in [-0.4, -0.2) is 16.4 Å². The Kier molecular flexibility index (Phi) is 5.73. The summed E-state index contributed by atoms with van der Waals surface area (Å²) in [6.07, 6.45) is 3.56. The van der Waals surface area contributed by atoms with Crippen LogP contribution in [0.4, 0.5) is 0 Å². The van der Waals surface area contributed by atoms with E-state index in [2.05, 4.69) is 11.8 Å². The number of rotatable bonds is 5. The van der Waals surface area contributed by atoms with Gasteiger partial charge in [0.05, 0.1) is 6.61 Å². The van der Waals surface area contributed by atoms with E-state index in [1.54, 1.807) is 0 Å². The van der Waals surface area contributed by atoms with E-state index in [4.69, 9.17) is 4.74 Å². The molecule has 5 nitrogen and oxygen atoms in total. The van der Waals surface area contributed by atoms with E-state index in [1.165, 1.54) is 0 Å². The van der Waals surface area contributed by atoms with Crippen LogP contribution in [0.3, 0.4) is 0 Å². The average Bonchev–Trinajstić information content (AvgIpc) is 2.35. The zero-order valence-electron chi connectivity index (χ0n) is 9.36. The first-order chi connectivity index (χ1) is 8.04. The van der Waals surface area contributed by atoms with Gasteiger partial charge in [-0.2, -0.15) is 0 Å². The van der Waals surface area contributed by atoms with E-state index in [-0.39, 0.29) is 22.2 Å². The van der Waals surface area contributed by atoms with Gasteiger partial charge in [-0.15, -0.1) is 4.91 Å². The highest BCUT2D eigenvalue weighted by atomic mass is 127. The van der Waals surface area contributed by atoms with Gasteiger partial charge >= 0.3 is 5.97 Å². The number of carbonyl (C=O) groups excluding carboxylic acids is 2. The molecule has 0 aliphatic heterocycles. The molecule has 2 unspecified atom stereocenters. The summed E-state index contributed by atoms with van der Waals surface area (Å²) in [5.41, 5.74) is -0.415. The van der Waals surface area contributed by atoms with E-state index in [9.17, 15) is 14.5 Å². The topological polar surface area (TPSA) is 72.8 Å². The van der Waals surface area contributed by atoms with Gasteiger partial charge in [-0.25, -0.2) is 4.79 Å². The summed E-state index contributed by atoms with van der Waals surface area (Å²) >= 11 is 1.81. The number of halogens is 1. The summed E-state index contributed by atoms with van der Waals surface area (Å²) in [5, 5.41) is 2.42. The molecule has 0 amide bonds. The van der Waals surface area contributed by atoms with E-state index < -0.39 is 11.7 Å². The van der Waals surface area contributed by atoms with Gasteiger partial charge in [-0.3, -0.25) is 4.79 Å². The number of hydrogen-bond acceptors (Lipinski definition) is 5. The molecule has 6 heteroatoms. The van der Waals surface area contributed by atoms with Crippen molar-refractivity contribution < 1.29 is 14.3 Å². The molecule has 0 radical (unpaired) electrons. The molecule has 1 aliphatic carbocycles. The van der Waals surface area contributed by atoms with Crippen LogP contribution in [-0.2, 0) is 14.3 Å². The maximum Gasteiger partial charge on any atom is 0.359 e. The number of hydrogen-bond donors (Lipinski definition) is 0. The lowest BCUT2D eigenvalue weighted by atomic mass is 9.82. The molecule has 17 heavy (non-hydrogen) atoms. The minimum atomic E-state index is -0.775. The Morgan fingerprint density at radius 2 is 2.12 bits per heavy atom. The molecule has 0 spiro atoms. The van der Waals surface area contributed by atoms with Gasteiger partial charge in [0.1, 0.15) is 0 Å². The highest BCUT2D eigenvalue weighted by Gasteiger charge is 2.26. The Morgan fingerprint density at radius 1 is 1.41 bits per heavy atom. The largest absolute Gasteiger partial charge is 0.461 e.